The monoisotopic (exact) mass is 655 g/mol. The van der Waals surface area contributed by atoms with E-state index >= 15 is 0 Å². The van der Waals surface area contributed by atoms with Crippen molar-refractivity contribution >= 4 is 52.4 Å². The number of hydrogen-bond acceptors (Lipinski definition) is 9. The molecule has 2 heterocycles. The second-order valence-electron chi connectivity index (χ2n) is 10.0. The van der Waals surface area contributed by atoms with Crippen LogP contribution in [0, 0.1) is 10.1 Å². The zero-order valence-corrected chi connectivity index (χ0v) is 25.1. The number of fused-ring (bicyclic) bond motifs is 1. The number of hydrogen-bond donors (Lipinski definition) is 0. The normalized spacial score (nSPS) is 19.8. The van der Waals surface area contributed by atoms with E-state index in [1.165, 1.54) is 19.1 Å². The predicted octanol–water partition coefficient (Wildman–Crippen LogP) is 6.10. The zero-order chi connectivity index (χ0) is 32.4. The molecular weight excluding hydrogens is 631 g/mol. The number of amides is 1. The molecule has 0 radical (unpaired) electrons. The van der Waals surface area contributed by atoms with Crippen molar-refractivity contribution in [2.75, 3.05) is 11.5 Å². The molecule has 3 aromatic carbocycles. The van der Waals surface area contributed by atoms with Crippen LogP contribution in [-0.2, 0) is 19.1 Å². The summed E-state index contributed by atoms with van der Waals surface area (Å²) in [6.07, 6.45) is -5.24. The maximum Gasteiger partial charge on any atom is 0.425 e. The summed E-state index contributed by atoms with van der Waals surface area (Å²) in [6.45, 7) is 1.32. The van der Waals surface area contributed by atoms with Gasteiger partial charge in [0.1, 0.15) is 11.1 Å². The highest BCUT2D eigenvalue weighted by Crippen LogP contribution is 2.55. The van der Waals surface area contributed by atoms with Gasteiger partial charge in [0, 0.05) is 36.8 Å². The van der Waals surface area contributed by atoms with Crippen molar-refractivity contribution in [2.45, 2.75) is 30.1 Å². The van der Waals surface area contributed by atoms with Crippen molar-refractivity contribution in [3.8, 4) is 0 Å². The summed E-state index contributed by atoms with van der Waals surface area (Å²) < 4.78 is 50.2. The lowest BCUT2D eigenvalue weighted by Crippen LogP contribution is -2.78. The quantitative estimate of drug-likeness (QED) is 0.0893. The summed E-state index contributed by atoms with van der Waals surface area (Å²) in [6, 6.07) is 22.2. The van der Waals surface area contributed by atoms with E-state index in [4.69, 9.17) is 4.74 Å². The second-order valence-corrected chi connectivity index (χ2v) is 12.3. The number of nitro benzene ring substituents is 1. The maximum atomic E-state index is 14.7. The van der Waals surface area contributed by atoms with Gasteiger partial charge < -0.3 is 4.74 Å². The van der Waals surface area contributed by atoms with Gasteiger partial charge in [-0.15, -0.1) is 11.8 Å². The van der Waals surface area contributed by atoms with Crippen LogP contribution in [0.3, 0.4) is 0 Å². The number of ether oxygens (including phenoxy) is 1. The van der Waals surface area contributed by atoms with Gasteiger partial charge in [0.05, 0.1) is 4.92 Å². The zero-order valence-electron chi connectivity index (χ0n) is 23.5. The fourth-order valence-electron chi connectivity index (χ4n) is 4.95. The summed E-state index contributed by atoms with van der Waals surface area (Å²) in [5, 5.41) is 9.03. The molecule has 1 saturated heterocycles. The average Bonchev–Trinajstić information content (AvgIpc) is 3.02. The van der Waals surface area contributed by atoms with E-state index in [1.807, 2.05) is 0 Å². The molecule has 0 spiro atoms. The van der Waals surface area contributed by atoms with Gasteiger partial charge in [-0.2, -0.15) is 13.2 Å². The molecule has 2 atom stereocenters. The van der Waals surface area contributed by atoms with Gasteiger partial charge >= 0.3 is 12.1 Å². The van der Waals surface area contributed by atoms with E-state index in [0.29, 0.717) is 11.1 Å². The van der Waals surface area contributed by atoms with Gasteiger partial charge in [-0.1, -0.05) is 72.4 Å². The number of thioether (sulfide) groups is 2. The number of carbonyl (C=O) groups is 3. The first kappa shape index (κ1) is 32.0. The van der Waals surface area contributed by atoms with Crippen LogP contribution in [0.15, 0.2) is 101 Å². The molecule has 1 fully saturated rings. The smallest absolute Gasteiger partial charge is 0.425 e. The van der Waals surface area contributed by atoms with E-state index in [0.717, 1.165) is 46.8 Å². The molecule has 45 heavy (non-hydrogen) atoms. The first-order chi connectivity index (χ1) is 21.4. The van der Waals surface area contributed by atoms with Crippen molar-refractivity contribution < 1.29 is 37.2 Å². The number of alkyl halides is 3. The molecular formula is C31H24F3N3O6S2. The maximum absolute atomic E-state index is 14.7. The third-order valence-electron chi connectivity index (χ3n) is 7.15. The van der Waals surface area contributed by atoms with Crippen LogP contribution in [-0.4, -0.2) is 61.6 Å². The summed E-state index contributed by atoms with van der Waals surface area (Å²) in [5.74, 6) is -2.61. The number of carbonyl (C=O) groups excluding carboxylic acids is 3. The SMILES string of the molecule is CC(=O)SCC1=C(C(=O)OC(c2ccccc2)c2ccccc2)N2C(=O)[C@@](N=Cc3ccc([N+](=O)[O-])cc3)(C(F)(F)F)[C@H]2SC1. The van der Waals surface area contributed by atoms with E-state index in [2.05, 4.69) is 4.99 Å². The number of esters is 1. The van der Waals surface area contributed by atoms with Crippen molar-refractivity contribution in [2.24, 2.45) is 4.99 Å². The van der Waals surface area contributed by atoms with Crippen molar-refractivity contribution in [1.82, 2.24) is 4.90 Å². The second kappa shape index (κ2) is 12.9. The Bertz CT molecular complexity index is 1640. The van der Waals surface area contributed by atoms with E-state index in [1.54, 1.807) is 60.7 Å². The molecule has 2 aliphatic heterocycles. The molecule has 0 unspecified atom stereocenters. The molecule has 2 aliphatic rings. The number of non-ortho nitro benzene ring substituents is 1. The molecule has 0 aromatic heterocycles. The Hall–Kier alpha value is -4.43. The summed E-state index contributed by atoms with van der Waals surface area (Å²) in [4.78, 5) is 54.1. The highest BCUT2D eigenvalue weighted by molar-refractivity contribution is 8.13. The van der Waals surface area contributed by atoms with Crippen LogP contribution < -0.4 is 0 Å². The highest BCUT2D eigenvalue weighted by atomic mass is 32.2. The molecule has 0 aliphatic carbocycles. The Labute approximate surface area is 263 Å². The van der Waals surface area contributed by atoms with Crippen LogP contribution in [0.1, 0.15) is 29.7 Å². The number of nitro groups is 1. The van der Waals surface area contributed by atoms with Crippen molar-refractivity contribution in [1.29, 1.82) is 0 Å². The largest absolute Gasteiger partial charge is 0.448 e. The fourth-order valence-corrected chi connectivity index (χ4v) is 7.18. The first-order valence-corrected chi connectivity index (χ1v) is 15.5. The Morgan fingerprint density at radius 3 is 2.18 bits per heavy atom. The van der Waals surface area contributed by atoms with Gasteiger partial charge in [0.15, 0.2) is 11.2 Å². The number of benzene rings is 3. The van der Waals surface area contributed by atoms with Crippen LogP contribution in [0.4, 0.5) is 18.9 Å². The predicted molar refractivity (Wildman–Crippen MR) is 164 cm³/mol. The molecule has 9 nitrogen and oxygen atoms in total. The Morgan fingerprint density at radius 2 is 1.67 bits per heavy atom. The molecule has 14 heteroatoms. The van der Waals surface area contributed by atoms with E-state index in [9.17, 15) is 37.7 Å². The van der Waals surface area contributed by atoms with E-state index < -0.39 is 40.0 Å². The molecule has 0 saturated carbocycles. The molecule has 5 rings (SSSR count). The average molecular weight is 656 g/mol. The molecule has 0 N–H and O–H groups in total. The number of halogens is 3. The van der Waals surface area contributed by atoms with Crippen molar-refractivity contribution in [3.63, 3.8) is 0 Å². The van der Waals surface area contributed by atoms with Gasteiger partial charge in [-0.05, 0) is 34.4 Å². The number of nitrogens with zero attached hydrogens (tertiary/aromatic N) is 3. The van der Waals surface area contributed by atoms with Crippen LogP contribution in [0.5, 0.6) is 0 Å². The van der Waals surface area contributed by atoms with Crippen molar-refractivity contribution in [3.05, 3.63) is 123 Å². The Balaban J connectivity index is 1.52. The highest BCUT2D eigenvalue weighted by Gasteiger charge is 2.77. The van der Waals surface area contributed by atoms with Crippen LogP contribution in [0.25, 0.3) is 0 Å². The molecule has 232 valence electrons. The third kappa shape index (κ3) is 6.25. The lowest BCUT2D eigenvalue weighted by atomic mass is 9.86. The Kier molecular flexibility index (Phi) is 9.16. The third-order valence-corrected chi connectivity index (χ3v) is 9.44. The summed E-state index contributed by atoms with van der Waals surface area (Å²) in [5.41, 5.74) is -2.23. The minimum atomic E-state index is -5.15. The molecule has 0 bridgehead atoms. The topological polar surface area (TPSA) is 119 Å². The minimum absolute atomic E-state index is 0.0321. The first-order valence-electron chi connectivity index (χ1n) is 13.4. The lowest BCUT2D eigenvalue weighted by Gasteiger charge is -2.55. The van der Waals surface area contributed by atoms with E-state index in [-0.39, 0.29) is 39.1 Å². The number of rotatable bonds is 9. The minimum Gasteiger partial charge on any atom is -0.448 e. The standard InChI is InChI=1S/C31H24F3N3O6S2/c1-19(38)44-17-23-18-45-29-30(31(32,33)34,35-16-20-12-14-24(15-13-20)37(41)42)28(40)36(29)25(23)27(39)43-26(21-8-4-2-5-9-21)22-10-6-3-7-11-22/h2-16,26,29H,17-18H2,1H3/t29-,30+/m1/s1. The van der Waals surface area contributed by atoms with Gasteiger partial charge in [-0.25, -0.2) is 4.79 Å². The number of β-lactam (4-membered cyclic amide) rings is 1. The summed E-state index contributed by atoms with van der Waals surface area (Å²) >= 11 is 1.64. The lowest BCUT2D eigenvalue weighted by molar-refractivity contribution is -0.384. The molecule has 1 amide bonds. The summed E-state index contributed by atoms with van der Waals surface area (Å²) in [7, 11) is 0. The molecule has 3 aromatic rings. The van der Waals surface area contributed by atoms with Crippen LogP contribution in [0.2, 0.25) is 0 Å². The van der Waals surface area contributed by atoms with Gasteiger partial charge in [-0.3, -0.25) is 29.6 Å². The number of aliphatic imine (C=N–C) groups is 1. The van der Waals surface area contributed by atoms with Gasteiger partial charge in [0.25, 0.3) is 17.1 Å². The van der Waals surface area contributed by atoms with Gasteiger partial charge in [0.2, 0.25) is 0 Å². The fraction of sp³-hybridized carbons (Fsp3) is 0.226. The van der Waals surface area contributed by atoms with Crippen LogP contribution >= 0.6 is 23.5 Å². The Morgan fingerprint density at radius 1 is 1.09 bits per heavy atom.